The first-order valence-electron chi connectivity index (χ1n) is 11.1. The first-order valence-corrected chi connectivity index (χ1v) is 12.7. The lowest BCUT2D eigenvalue weighted by Crippen LogP contribution is -2.43. The van der Waals surface area contributed by atoms with Gasteiger partial charge in [0.25, 0.3) is 5.56 Å². The smallest absolute Gasteiger partial charge is 0.459 e. The van der Waals surface area contributed by atoms with Gasteiger partial charge >= 0.3 is 19.4 Å². The highest BCUT2D eigenvalue weighted by Crippen LogP contribution is 2.47. The van der Waals surface area contributed by atoms with Gasteiger partial charge in [0.05, 0.1) is 12.7 Å². The normalized spacial score (nSPS) is 26.4. The molecule has 3 N–H and O–H groups in total. The van der Waals surface area contributed by atoms with E-state index in [1.807, 2.05) is 4.98 Å². The summed E-state index contributed by atoms with van der Waals surface area (Å²) in [5.74, 6) is -0.560. The Balaban J connectivity index is 1.80. The molecule has 1 saturated heterocycles. The van der Waals surface area contributed by atoms with Crippen LogP contribution < -0.4 is 20.9 Å². The number of ether oxygens (including phenoxy) is 2. The molecule has 2 aromatic rings. The van der Waals surface area contributed by atoms with Crippen molar-refractivity contribution in [2.75, 3.05) is 6.61 Å². The highest BCUT2D eigenvalue weighted by atomic mass is 31.2. The molecule has 1 aromatic carbocycles. The highest BCUT2D eigenvalue weighted by molar-refractivity contribution is 7.52. The molecule has 0 radical (unpaired) electrons. The first-order chi connectivity index (χ1) is 16.8. The Morgan fingerprint density at radius 2 is 1.94 bits per heavy atom. The zero-order chi connectivity index (χ0) is 26.7. The summed E-state index contributed by atoms with van der Waals surface area (Å²) >= 11 is 0. The van der Waals surface area contributed by atoms with Crippen LogP contribution >= 0.6 is 7.75 Å². The molecule has 198 valence electrons. The van der Waals surface area contributed by atoms with E-state index >= 15 is 4.39 Å². The minimum absolute atomic E-state index is 0.152. The number of hydrogen-bond acceptors (Lipinski definition) is 9. The Morgan fingerprint density at radius 3 is 2.56 bits per heavy atom. The number of para-hydroxylation sites is 1. The maximum absolute atomic E-state index is 15.4. The topological polar surface area (TPSA) is 158 Å². The number of aromatic nitrogens is 2. The van der Waals surface area contributed by atoms with Gasteiger partial charge in [-0.25, -0.2) is 13.8 Å². The molecule has 6 atom stereocenters. The van der Waals surface area contributed by atoms with Crippen LogP contribution in [0.2, 0.25) is 0 Å². The summed E-state index contributed by atoms with van der Waals surface area (Å²) in [4.78, 5) is 37.7. The largest absolute Gasteiger partial charge is 0.462 e. The van der Waals surface area contributed by atoms with Crippen molar-refractivity contribution in [3.05, 3.63) is 63.4 Å². The SMILES string of the molecule is CC(C)OC(=O)[C@@H](C)NP(=O)(OC[C@H]1O[C@@H](n2ccc(=O)[nH]c2=O)C(C)(F)C1O)Oc1ccccc1. The zero-order valence-electron chi connectivity index (χ0n) is 20.1. The molecule has 14 heteroatoms. The second-order valence-electron chi connectivity index (χ2n) is 8.67. The molecular weight excluding hydrogens is 500 g/mol. The maximum atomic E-state index is 15.4. The molecule has 0 bridgehead atoms. The minimum atomic E-state index is -4.30. The van der Waals surface area contributed by atoms with Crippen LogP contribution in [0.1, 0.15) is 33.9 Å². The second-order valence-corrected chi connectivity index (χ2v) is 10.4. The number of halogens is 1. The summed E-state index contributed by atoms with van der Waals surface area (Å²) in [6.07, 6.45) is -4.21. The molecule has 1 fully saturated rings. The van der Waals surface area contributed by atoms with E-state index in [1.54, 1.807) is 32.0 Å². The molecule has 3 rings (SSSR count). The average Bonchev–Trinajstić information content (AvgIpc) is 3.01. The monoisotopic (exact) mass is 529 g/mol. The molecule has 0 amide bonds. The van der Waals surface area contributed by atoms with Crippen molar-refractivity contribution in [2.24, 2.45) is 0 Å². The fourth-order valence-electron chi connectivity index (χ4n) is 3.47. The number of aliphatic hydroxyl groups is 1. The molecule has 1 aromatic heterocycles. The van der Waals surface area contributed by atoms with Gasteiger partial charge in [0.1, 0.15) is 24.0 Å². The third-order valence-corrected chi connectivity index (χ3v) is 6.90. The van der Waals surface area contributed by atoms with Gasteiger partial charge in [-0.3, -0.25) is 23.7 Å². The Bertz CT molecular complexity index is 1220. The van der Waals surface area contributed by atoms with Crippen molar-refractivity contribution in [3.8, 4) is 5.75 Å². The van der Waals surface area contributed by atoms with Crippen LogP contribution in [-0.4, -0.2) is 57.3 Å². The third-order valence-electron chi connectivity index (χ3n) is 5.26. The van der Waals surface area contributed by atoms with Gasteiger partial charge in [0.2, 0.25) is 0 Å². The lowest BCUT2D eigenvalue weighted by Gasteiger charge is -2.25. The number of rotatable bonds is 10. The van der Waals surface area contributed by atoms with Crippen LogP contribution in [0.3, 0.4) is 0 Å². The number of hydrogen-bond donors (Lipinski definition) is 3. The number of benzene rings is 1. The summed E-state index contributed by atoms with van der Waals surface area (Å²) < 4.78 is 51.4. The van der Waals surface area contributed by atoms with Gasteiger partial charge in [0.15, 0.2) is 11.9 Å². The number of nitrogens with zero attached hydrogens (tertiary/aromatic N) is 1. The predicted molar refractivity (Wildman–Crippen MR) is 125 cm³/mol. The molecule has 12 nitrogen and oxygen atoms in total. The number of esters is 1. The maximum Gasteiger partial charge on any atom is 0.459 e. The Hall–Kier alpha value is -2.83. The van der Waals surface area contributed by atoms with Gasteiger partial charge in [0, 0.05) is 12.3 Å². The molecule has 36 heavy (non-hydrogen) atoms. The molecule has 0 aliphatic carbocycles. The molecule has 2 heterocycles. The summed E-state index contributed by atoms with van der Waals surface area (Å²) in [6.45, 7) is 5.07. The molecule has 3 unspecified atom stereocenters. The van der Waals surface area contributed by atoms with Crippen LogP contribution in [0.25, 0.3) is 0 Å². The average molecular weight is 529 g/mol. The second kappa shape index (κ2) is 11.1. The van der Waals surface area contributed by atoms with E-state index in [9.17, 15) is 24.1 Å². The summed E-state index contributed by atoms with van der Waals surface area (Å²) in [6, 6.07) is 7.86. The van der Waals surface area contributed by atoms with Gasteiger partial charge in [-0.2, -0.15) is 5.09 Å². The van der Waals surface area contributed by atoms with Crippen LogP contribution in [0.15, 0.2) is 52.2 Å². The van der Waals surface area contributed by atoms with Gasteiger partial charge < -0.3 is 19.1 Å². The lowest BCUT2D eigenvalue weighted by molar-refractivity contribution is -0.149. The zero-order valence-corrected chi connectivity index (χ0v) is 21.0. The number of carbonyl (C=O) groups excluding carboxylic acids is 1. The Morgan fingerprint density at radius 1 is 1.28 bits per heavy atom. The molecular formula is C22H29FN3O9P. The number of aromatic amines is 1. The van der Waals surface area contributed by atoms with Crippen LogP contribution in [0, 0.1) is 0 Å². The van der Waals surface area contributed by atoms with E-state index in [0.29, 0.717) is 0 Å². The molecule has 0 spiro atoms. The van der Waals surface area contributed by atoms with Crippen molar-refractivity contribution in [3.63, 3.8) is 0 Å². The minimum Gasteiger partial charge on any atom is -0.462 e. The Labute approximate surface area is 205 Å². The standard InChI is InChI=1S/C22H29FN3O9P/c1-13(2)33-19(29)14(3)25-36(31,35-15-8-6-5-7-9-15)32-12-16-18(28)22(4,23)20(34-16)26-11-10-17(27)24-21(26)30/h5-11,13-14,16,18,20,28H,12H2,1-4H3,(H,25,31)(H,24,27,30)/t14-,16-,18?,20-,22?,36?/m1/s1. The highest BCUT2D eigenvalue weighted by Gasteiger charge is 2.55. The van der Waals surface area contributed by atoms with Crippen molar-refractivity contribution < 1.29 is 37.4 Å². The van der Waals surface area contributed by atoms with E-state index in [1.165, 1.54) is 19.1 Å². The van der Waals surface area contributed by atoms with E-state index in [-0.39, 0.29) is 5.75 Å². The summed E-state index contributed by atoms with van der Waals surface area (Å²) in [5, 5.41) is 13.0. The van der Waals surface area contributed by atoms with Crippen molar-refractivity contribution in [2.45, 2.75) is 63.9 Å². The van der Waals surface area contributed by atoms with Gasteiger partial charge in [-0.05, 0) is 39.8 Å². The summed E-state index contributed by atoms with van der Waals surface area (Å²) in [5.41, 5.74) is -4.12. The number of carbonyl (C=O) groups is 1. The van der Waals surface area contributed by atoms with Gasteiger partial charge in [-0.15, -0.1) is 0 Å². The molecule has 1 aliphatic rings. The molecule has 0 saturated carbocycles. The van der Waals surface area contributed by atoms with Crippen molar-refractivity contribution >= 4 is 13.7 Å². The number of H-pyrrole nitrogens is 1. The molecule has 1 aliphatic heterocycles. The number of nitrogens with one attached hydrogen (secondary N) is 2. The predicted octanol–water partition coefficient (Wildman–Crippen LogP) is 1.66. The Kier molecular flexibility index (Phi) is 8.52. The van der Waals surface area contributed by atoms with E-state index in [0.717, 1.165) is 23.8 Å². The van der Waals surface area contributed by atoms with Crippen LogP contribution in [0.5, 0.6) is 5.75 Å². The quantitative estimate of drug-likeness (QED) is 0.305. The van der Waals surface area contributed by atoms with E-state index in [2.05, 4.69) is 5.09 Å². The number of alkyl halides is 1. The van der Waals surface area contributed by atoms with Crippen molar-refractivity contribution in [1.82, 2.24) is 14.6 Å². The van der Waals surface area contributed by atoms with Gasteiger partial charge in [-0.1, -0.05) is 18.2 Å². The van der Waals surface area contributed by atoms with Crippen LogP contribution in [-0.2, 0) is 23.4 Å². The van der Waals surface area contributed by atoms with E-state index < -0.39 is 67.8 Å². The fraction of sp³-hybridized carbons (Fsp3) is 0.500. The number of aliphatic hydroxyl groups excluding tert-OH is 1. The van der Waals surface area contributed by atoms with Crippen LogP contribution in [0.4, 0.5) is 4.39 Å². The first kappa shape index (κ1) is 27.8. The summed E-state index contributed by atoms with van der Waals surface area (Å²) in [7, 11) is -4.30. The lowest BCUT2D eigenvalue weighted by atomic mass is 9.98. The van der Waals surface area contributed by atoms with Crippen molar-refractivity contribution in [1.29, 1.82) is 0 Å². The third kappa shape index (κ3) is 6.48. The fourth-order valence-corrected chi connectivity index (χ4v) is 4.97. The van der Waals surface area contributed by atoms with E-state index in [4.69, 9.17) is 18.5 Å².